The third-order valence-electron chi connectivity index (χ3n) is 5.20. The van der Waals surface area contributed by atoms with Gasteiger partial charge in [-0.2, -0.15) is 5.10 Å². The molecule has 1 aliphatic rings. The van der Waals surface area contributed by atoms with E-state index >= 15 is 0 Å². The summed E-state index contributed by atoms with van der Waals surface area (Å²) in [5.74, 6) is -1.11. The minimum Gasteiger partial charge on any atom is -0.335 e. The van der Waals surface area contributed by atoms with Crippen LogP contribution in [-0.4, -0.2) is 57.6 Å². The summed E-state index contributed by atoms with van der Waals surface area (Å²) >= 11 is 5.89. The Kier molecular flexibility index (Phi) is 5.55. The summed E-state index contributed by atoms with van der Waals surface area (Å²) in [6.07, 6.45) is 1.73. The lowest BCUT2D eigenvalue weighted by atomic mass is 10.1. The first-order chi connectivity index (χ1) is 14.4. The molecule has 2 amide bonds. The van der Waals surface area contributed by atoms with E-state index in [4.69, 9.17) is 11.6 Å². The van der Waals surface area contributed by atoms with Crippen LogP contribution in [0, 0.1) is 12.7 Å². The first-order valence-corrected chi connectivity index (χ1v) is 9.96. The van der Waals surface area contributed by atoms with Crippen LogP contribution in [0.1, 0.15) is 26.4 Å². The molecule has 1 aromatic heterocycles. The molecule has 1 saturated heterocycles. The van der Waals surface area contributed by atoms with Gasteiger partial charge in [-0.3, -0.25) is 9.59 Å². The molecule has 0 bridgehead atoms. The number of benzene rings is 2. The predicted octanol–water partition coefficient (Wildman–Crippen LogP) is 3.57. The molecule has 0 saturated carbocycles. The number of amides is 2. The van der Waals surface area contributed by atoms with Crippen molar-refractivity contribution in [1.29, 1.82) is 0 Å². The molecule has 8 heteroatoms. The number of piperazine rings is 1. The van der Waals surface area contributed by atoms with Crippen molar-refractivity contribution in [3.63, 3.8) is 0 Å². The molecule has 0 N–H and O–H groups in total. The molecule has 0 aliphatic carbocycles. The van der Waals surface area contributed by atoms with E-state index in [0.717, 1.165) is 11.4 Å². The number of nitrogens with zero attached hydrogens (tertiary/aromatic N) is 4. The van der Waals surface area contributed by atoms with Gasteiger partial charge in [-0.05, 0) is 55.5 Å². The summed E-state index contributed by atoms with van der Waals surface area (Å²) in [5.41, 5.74) is 2.41. The fraction of sp³-hybridized carbons (Fsp3) is 0.227. The van der Waals surface area contributed by atoms with E-state index in [1.807, 2.05) is 25.1 Å². The first kappa shape index (κ1) is 20.1. The zero-order valence-corrected chi connectivity index (χ0v) is 17.1. The Labute approximate surface area is 178 Å². The van der Waals surface area contributed by atoms with E-state index in [0.29, 0.717) is 36.8 Å². The van der Waals surface area contributed by atoms with E-state index in [-0.39, 0.29) is 11.5 Å². The molecule has 154 valence electrons. The summed E-state index contributed by atoms with van der Waals surface area (Å²) in [4.78, 5) is 28.7. The highest BCUT2D eigenvalue weighted by atomic mass is 35.5. The SMILES string of the molecule is Cc1ccnn1-c1ccc(C(=O)N2CCN(C(=O)c3cc(Cl)ccc3F)CC2)cc1. The van der Waals surface area contributed by atoms with Crippen LogP contribution in [0.15, 0.2) is 54.7 Å². The number of rotatable bonds is 3. The van der Waals surface area contributed by atoms with Gasteiger partial charge in [0.15, 0.2) is 0 Å². The lowest BCUT2D eigenvalue weighted by molar-refractivity contribution is 0.0533. The molecule has 0 atom stereocenters. The number of halogens is 2. The maximum Gasteiger partial charge on any atom is 0.257 e. The van der Waals surface area contributed by atoms with Gasteiger partial charge in [0, 0.05) is 48.7 Å². The molecule has 1 aliphatic heterocycles. The molecule has 30 heavy (non-hydrogen) atoms. The molecule has 3 aromatic rings. The summed E-state index contributed by atoms with van der Waals surface area (Å²) < 4.78 is 15.8. The van der Waals surface area contributed by atoms with Gasteiger partial charge in [-0.15, -0.1) is 0 Å². The highest BCUT2D eigenvalue weighted by Crippen LogP contribution is 2.19. The van der Waals surface area contributed by atoms with Gasteiger partial charge >= 0.3 is 0 Å². The van der Waals surface area contributed by atoms with Gasteiger partial charge in [-0.25, -0.2) is 9.07 Å². The average Bonchev–Trinajstić information content (AvgIpc) is 3.20. The molecule has 1 fully saturated rings. The normalized spacial score (nSPS) is 14.1. The maximum absolute atomic E-state index is 14.0. The largest absolute Gasteiger partial charge is 0.335 e. The second-order valence-corrected chi connectivity index (χ2v) is 7.58. The molecular weight excluding hydrogens is 407 g/mol. The fourth-order valence-corrected chi connectivity index (χ4v) is 3.68. The van der Waals surface area contributed by atoms with Crippen LogP contribution in [0.2, 0.25) is 5.02 Å². The average molecular weight is 427 g/mol. The third kappa shape index (κ3) is 3.93. The van der Waals surface area contributed by atoms with Crippen molar-refractivity contribution in [2.24, 2.45) is 0 Å². The lowest BCUT2D eigenvalue weighted by Crippen LogP contribution is -2.50. The molecule has 0 spiro atoms. The van der Waals surface area contributed by atoms with Crippen LogP contribution in [-0.2, 0) is 0 Å². The van der Waals surface area contributed by atoms with Crippen molar-refractivity contribution in [2.75, 3.05) is 26.2 Å². The van der Waals surface area contributed by atoms with Crippen molar-refractivity contribution >= 4 is 23.4 Å². The quantitative estimate of drug-likeness (QED) is 0.643. The van der Waals surface area contributed by atoms with Crippen LogP contribution in [0.5, 0.6) is 0 Å². The van der Waals surface area contributed by atoms with Crippen molar-refractivity contribution < 1.29 is 14.0 Å². The zero-order chi connectivity index (χ0) is 21.3. The van der Waals surface area contributed by atoms with Gasteiger partial charge < -0.3 is 9.80 Å². The molecule has 0 unspecified atom stereocenters. The van der Waals surface area contributed by atoms with Gasteiger partial charge in [0.25, 0.3) is 11.8 Å². The molecule has 6 nitrogen and oxygen atoms in total. The number of hydrogen-bond donors (Lipinski definition) is 0. The standard InChI is InChI=1S/C22H20ClFN4O2/c1-15-8-9-25-28(15)18-5-2-16(3-6-18)21(29)26-10-12-27(13-11-26)22(30)19-14-17(23)4-7-20(19)24/h2-9,14H,10-13H2,1H3. The molecular formula is C22H20ClFN4O2. The van der Waals surface area contributed by atoms with Crippen LogP contribution >= 0.6 is 11.6 Å². The predicted molar refractivity (Wildman–Crippen MR) is 112 cm³/mol. The molecule has 2 heterocycles. The van der Waals surface area contributed by atoms with Crippen LogP contribution in [0.4, 0.5) is 4.39 Å². The van der Waals surface area contributed by atoms with Crippen LogP contribution < -0.4 is 0 Å². The Morgan fingerprint density at radius 1 is 0.933 bits per heavy atom. The summed E-state index contributed by atoms with van der Waals surface area (Å²) in [6.45, 7) is 3.39. The highest BCUT2D eigenvalue weighted by molar-refractivity contribution is 6.31. The van der Waals surface area contributed by atoms with Crippen LogP contribution in [0.25, 0.3) is 5.69 Å². The Balaban J connectivity index is 1.40. The maximum atomic E-state index is 14.0. The first-order valence-electron chi connectivity index (χ1n) is 9.59. The van der Waals surface area contributed by atoms with Crippen molar-refractivity contribution in [2.45, 2.75) is 6.92 Å². The van der Waals surface area contributed by atoms with Crippen molar-refractivity contribution in [3.8, 4) is 5.69 Å². The van der Waals surface area contributed by atoms with Crippen LogP contribution in [0.3, 0.4) is 0 Å². The molecule has 4 rings (SSSR count). The van der Waals surface area contributed by atoms with E-state index in [1.165, 1.54) is 18.2 Å². The highest BCUT2D eigenvalue weighted by Gasteiger charge is 2.27. The second kappa shape index (κ2) is 8.28. The van der Waals surface area contributed by atoms with Gasteiger partial charge in [-0.1, -0.05) is 11.6 Å². The number of carbonyl (C=O) groups excluding carboxylic acids is 2. The molecule has 0 radical (unpaired) electrons. The molecule has 2 aromatic carbocycles. The number of aromatic nitrogens is 2. The summed E-state index contributed by atoms with van der Waals surface area (Å²) in [6, 6.07) is 13.1. The Hall–Kier alpha value is -3.19. The van der Waals surface area contributed by atoms with Gasteiger partial charge in [0.05, 0.1) is 11.3 Å². The van der Waals surface area contributed by atoms with Gasteiger partial charge in [0.1, 0.15) is 5.82 Å². The van der Waals surface area contributed by atoms with E-state index in [2.05, 4.69) is 5.10 Å². The minimum absolute atomic E-state index is 0.0493. The summed E-state index contributed by atoms with van der Waals surface area (Å²) in [5, 5.41) is 4.57. The summed E-state index contributed by atoms with van der Waals surface area (Å²) in [7, 11) is 0. The Morgan fingerprint density at radius 2 is 1.57 bits per heavy atom. The zero-order valence-electron chi connectivity index (χ0n) is 16.4. The topological polar surface area (TPSA) is 58.4 Å². The smallest absolute Gasteiger partial charge is 0.257 e. The third-order valence-corrected chi connectivity index (χ3v) is 5.44. The van der Waals surface area contributed by atoms with E-state index in [1.54, 1.807) is 32.8 Å². The fourth-order valence-electron chi connectivity index (χ4n) is 3.51. The number of carbonyl (C=O) groups is 2. The number of aryl methyl sites for hydroxylation is 1. The second-order valence-electron chi connectivity index (χ2n) is 7.14. The van der Waals surface area contributed by atoms with Crippen molar-refractivity contribution in [1.82, 2.24) is 19.6 Å². The Morgan fingerprint density at radius 3 is 2.17 bits per heavy atom. The Bertz CT molecular complexity index is 1090. The van der Waals surface area contributed by atoms with Gasteiger partial charge in [0.2, 0.25) is 0 Å². The monoisotopic (exact) mass is 426 g/mol. The van der Waals surface area contributed by atoms with Crippen molar-refractivity contribution in [3.05, 3.63) is 82.4 Å². The number of hydrogen-bond acceptors (Lipinski definition) is 3. The minimum atomic E-state index is -0.601. The lowest BCUT2D eigenvalue weighted by Gasteiger charge is -2.35. The van der Waals surface area contributed by atoms with E-state index in [9.17, 15) is 14.0 Å². The van der Waals surface area contributed by atoms with E-state index < -0.39 is 11.7 Å².